The van der Waals surface area contributed by atoms with E-state index in [1.165, 1.54) is 0 Å². The maximum atomic E-state index is 12.9. The summed E-state index contributed by atoms with van der Waals surface area (Å²) in [6.07, 6.45) is 1.89. The Morgan fingerprint density at radius 1 is 1.08 bits per heavy atom. The first-order valence-corrected chi connectivity index (χ1v) is 8.96. The molecule has 3 aromatic rings. The van der Waals surface area contributed by atoms with Crippen molar-refractivity contribution in [1.82, 2.24) is 15.1 Å². The zero-order valence-corrected chi connectivity index (χ0v) is 14.8. The lowest BCUT2D eigenvalue weighted by atomic mass is 9.97. The predicted octanol–water partition coefficient (Wildman–Crippen LogP) is 4.06. The number of nitrogens with zero attached hydrogens (tertiary/aromatic N) is 3. The van der Waals surface area contributed by atoms with Crippen LogP contribution in [0.2, 0.25) is 0 Å². The Bertz CT molecular complexity index is 904. The van der Waals surface area contributed by atoms with E-state index in [0.717, 1.165) is 36.1 Å². The van der Waals surface area contributed by atoms with Gasteiger partial charge in [0.25, 0.3) is 5.91 Å². The molecule has 0 spiro atoms. The van der Waals surface area contributed by atoms with Crippen molar-refractivity contribution in [3.05, 3.63) is 71.6 Å². The first-order chi connectivity index (χ1) is 12.7. The fourth-order valence-corrected chi connectivity index (χ4v) is 3.44. The van der Waals surface area contributed by atoms with Crippen molar-refractivity contribution in [3.63, 3.8) is 0 Å². The van der Waals surface area contributed by atoms with Gasteiger partial charge in [-0.15, -0.1) is 10.2 Å². The van der Waals surface area contributed by atoms with Crippen LogP contribution in [-0.2, 0) is 0 Å². The van der Waals surface area contributed by atoms with Gasteiger partial charge in [-0.1, -0.05) is 36.4 Å². The minimum Gasteiger partial charge on any atom is -0.420 e. The van der Waals surface area contributed by atoms with Crippen molar-refractivity contribution < 1.29 is 9.21 Å². The van der Waals surface area contributed by atoms with Gasteiger partial charge in [-0.25, -0.2) is 0 Å². The van der Waals surface area contributed by atoms with E-state index in [4.69, 9.17) is 4.42 Å². The molecule has 5 heteroatoms. The number of carbonyl (C=O) groups excluding carboxylic acids is 1. The third kappa shape index (κ3) is 3.25. The minimum atomic E-state index is 0.0793. The second kappa shape index (κ2) is 7.12. The van der Waals surface area contributed by atoms with Crippen LogP contribution < -0.4 is 0 Å². The van der Waals surface area contributed by atoms with Crippen LogP contribution >= 0.6 is 0 Å². The number of benzene rings is 2. The Labute approximate surface area is 152 Å². The number of likely N-dealkylation sites (tertiary alicyclic amines) is 1. The number of hydrogen-bond acceptors (Lipinski definition) is 4. The van der Waals surface area contributed by atoms with Crippen LogP contribution in [0.25, 0.3) is 11.5 Å². The molecular formula is C21H21N3O2. The summed E-state index contributed by atoms with van der Waals surface area (Å²) in [5, 5.41) is 8.43. The number of amides is 1. The van der Waals surface area contributed by atoms with Crippen LogP contribution in [0.3, 0.4) is 0 Å². The van der Waals surface area contributed by atoms with Crippen LogP contribution in [0, 0.1) is 6.92 Å². The number of hydrogen-bond donors (Lipinski definition) is 0. The predicted molar refractivity (Wildman–Crippen MR) is 98.8 cm³/mol. The Kier molecular flexibility index (Phi) is 4.52. The summed E-state index contributed by atoms with van der Waals surface area (Å²) in [4.78, 5) is 14.8. The fraction of sp³-hybridized carbons (Fsp3) is 0.286. The quantitative estimate of drug-likeness (QED) is 0.717. The molecule has 132 valence electrons. The van der Waals surface area contributed by atoms with Gasteiger partial charge in [0.1, 0.15) is 0 Å². The molecule has 1 fully saturated rings. The molecule has 5 nitrogen and oxygen atoms in total. The van der Waals surface area contributed by atoms with Crippen LogP contribution in [0.5, 0.6) is 0 Å². The Balaban J connectivity index is 1.52. The van der Waals surface area contributed by atoms with E-state index >= 15 is 0 Å². The van der Waals surface area contributed by atoms with E-state index in [1.807, 2.05) is 66.4 Å². The molecule has 2 heterocycles. The molecule has 1 aliphatic heterocycles. The summed E-state index contributed by atoms with van der Waals surface area (Å²) in [5.41, 5.74) is 2.68. The molecular weight excluding hydrogens is 326 g/mol. The van der Waals surface area contributed by atoms with Crippen molar-refractivity contribution in [3.8, 4) is 11.5 Å². The molecule has 2 aromatic carbocycles. The molecule has 1 unspecified atom stereocenters. The summed E-state index contributed by atoms with van der Waals surface area (Å²) in [5.74, 6) is 1.31. The lowest BCUT2D eigenvalue weighted by molar-refractivity contribution is 0.0697. The number of aryl methyl sites for hydroxylation is 1. The van der Waals surface area contributed by atoms with Crippen LogP contribution in [0.4, 0.5) is 0 Å². The van der Waals surface area contributed by atoms with Gasteiger partial charge in [-0.05, 0) is 43.5 Å². The summed E-state index contributed by atoms with van der Waals surface area (Å²) >= 11 is 0. The van der Waals surface area contributed by atoms with E-state index < -0.39 is 0 Å². The molecule has 0 aliphatic carbocycles. The third-order valence-electron chi connectivity index (χ3n) is 4.89. The van der Waals surface area contributed by atoms with E-state index in [-0.39, 0.29) is 11.8 Å². The molecule has 0 bridgehead atoms. The fourth-order valence-electron chi connectivity index (χ4n) is 3.44. The van der Waals surface area contributed by atoms with Crippen LogP contribution in [0.1, 0.15) is 40.6 Å². The smallest absolute Gasteiger partial charge is 0.254 e. The summed E-state index contributed by atoms with van der Waals surface area (Å²) in [7, 11) is 0. The van der Waals surface area contributed by atoms with Gasteiger partial charge in [-0.2, -0.15) is 0 Å². The second-order valence-electron chi connectivity index (χ2n) is 6.72. The highest BCUT2D eigenvalue weighted by Crippen LogP contribution is 2.29. The molecule has 1 amide bonds. The number of carbonyl (C=O) groups is 1. The lowest BCUT2D eigenvalue weighted by Crippen LogP contribution is -2.39. The van der Waals surface area contributed by atoms with Gasteiger partial charge in [0.15, 0.2) is 0 Å². The van der Waals surface area contributed by atoms with Crippen molar-refractivity contribution in [1.29, 1.82) is 0 Å². The van der Waals surface area contributed by atoms with Gasteiger partial charge >= 0.3 is 0 Å². The highest BCUT2D eigenvalue weighted by atomic mass is 16.4. The Morgan fingerprint density at radius 2 is 1.85 bits per heavy atom. The Morgan fingerprint density at radius 3 is 2.65 bits per heavy atom. The van der Waals surface area contributed by atoms with Gasteiger partial charge in [0.05, 0.1) is 5.92 Å². The molecule has 1 aliphatic rings. The third-order valence-corrected chi connectivity index (χ3v) is 4.89. The van der Waals surface area contributed by atoms with Crippen LogP contribution in [0.15, 0.2) is 59.0 Å². The van der Waals surface area contributed by atoms with Crippen molar-refractivity contribution in [2.24, 2.45) is 0 Å². The molecule has 1 aromatic heterocycles. The zero-order chi connectivity index (χ0) is 17.9. The van der Waals surface area contributed by atoms with E-state index in [1.54, 1.807) is 0 Å². The molecule has 0 N–H and O–H groups in total. The Hall–Kier alpha value is -2.95. The molecule has 1 saturated heterocycles. The van der Waals surface area contributed by atoms with Gasteiger partial charge in [0.2, 0.25) is 11.8 Å². The van der Waals surface area contributed by atoms with Crippen molar-refractivity contribution in [2.45, 2.75) is 25.7 Å². The maximum Gasteiger partial charge on any atom is 0.254 e. The molecule has 4 rings (SSSR count). The lowest BCUT2D eigenvalue weighted by Gasteiger charge is -2.31. The molecule has 1 atom stereocenters. The summed E-state index contributed by atoms with van der Waals surface area (Å²) in [6, 6.07) is 17.5. The van der Waals surface area contributed by atoms with E-state index in [9.17, 15) is 4.79 Å². The SMILES string of the molecule is Cc1ccccc1C(=O)N1CCCC(c2nnc(-c3ccccc3)o2)C1. The largest absolute Gasteiger partial charge is 0.420 e. The average Bonchev–Trinajstić information content (AvgIpc) is 3.19. The topological polar surface area (TPSA) is 59.2 Å². The minimum absolute atomic E-state index is 0.0793. The summed E-state index contributed by atoms with van der Waals surface area (Å²) in [6.45, 7) is 3.35. The van der Waals surface area contributed by atoms with Crippen LogP contribution in [-0.4, -0.2) is 34.1 Å². The maximum absolute atomic E-state index is 12.9. The first kappa shape index (κ1) is 16.5. The number of rotatable bonds is 3. The van der Waals surface area contributed by atoms with Gasteiger partial charge in [0, 0.05) is 24.2 Å². The number of piperidine rings is 1. The average molecular weight is 347 g/mol. The molecule has 0 saturated carbocycles. The van der Waals surface area contributed by atoms with Crippen molar-refractivity contribution in [2.75, 3.05) is 13.1 Å². The highest BCUT2D eigenvalue weighted by molar-refractivity contribution is 5.95. The van der Waals surface area contributed by atoms with E-state index in [0.29, 0.717) is 18.3 Å². The second-order valence-corrected chi connectivity index (χ2v) is 6.72. The molecule has 26 heavy (non-hydrogen) atoms. The van der Waals surface area contributed by atoms with Gasteiger partial charge < -0.3 is 9.32 Å². The van der Waals surface area contributed by atoms with Crippen molar-refractivity contribution >= 4 is 5.91 Å². The normalized spacial score (nSPS) is 17.3. The first-order valence-electron chi connectivity index (χ1n) is 8.96. The standard InChI is InChI=1S/C21H21N3O2/c1-15-8-5-6-12-18(15)21(25)24-13-7-11-17(14-24)20-23-22-19(26-20)16-9-3-2-4-10-16/h2-6,8-10,12,17H,7,11,13-14H2,1H3. The van der Waals surface area contributed by atoms with Gasteiger partial charge in [-0.3, -0.25) is 4.79 Å². The van der Waals surface area contributed by atoms with E-state index in [2.05, 4.69) is 10.2 Å². The summed E-state index contributed by atoms with van der Waals surface area (Å²) < 4.78 is 5.91. The monoisotopic (exact) mass is 347 g/mol. The number of aromatic nitrogens is 2. The highest BCUT2D eigenvalue weighted by Gasteiger charge is 2.29. The zero-order valence-electron chi connectivity index (χ0n) is 14.8. The molecule has 0 radical (unpaired) electrons.